The number of benzene rings is 1. The topological polar surface area (TPSA) is 115 Å². The third-order valence-corrected chi connectivity index (χ3v) is 4.31. The molecule has 146 valence electrons. The van der Waals surface area contributed by atoms with E-state index in [1.807, 2.05) is 38.1 Å². The van der Waals surface area contributed by atoms with Gasteiger partial charge < -0.3 is 10.1 Å². The smallest absolute Gasteiger partial charge is 0.355 e. The van der Waals surface area contributed by atoms with Crippen LogP contribution in [0, 0.1) is 20.8 Å². The second-order valence-corrected chi connectivity index (χ2v) is 6.51. The molecule has 2 heterocycles. The van der Waals surface area contributed by atoms with Gasteiger partial charge in [0.1, 0.15) is 5.71 Å². The molecular weight excluding hydrogens is 362 g/mol. The van der Waals surface area contributed by atoms with Gasteiger partial charge in [-0.2, -0.15) is 10.2 Å². The summed E-state index contributed by atoms with van der Waals surface area (Å²) in [5.41, 5.74) is 6.32. The molecular formula is C19H21N5O4. The normalized spacial score (nSPS) is 13.5. The summed E-state index contributed by atoms with van der Waals surface area (Å²) in [5.74, 6) is -1.46. The minimum atomic E-state index is -0.723. The molecule has 0 spiro atoms. The van der Waals surface area contributed by atoms with E-state index in [-0.39, 0.29) is 24.5 Å². The molecule has 0 aliphatic carbocycles. The van der Waals surface area contributed by atoms with Crippen LogP contribution in [0.4, 0.5) is 5.69 Å². The van der Waals surface area contributed by atoms with Gasteiger partial charge in [0, 0.05) is 12.8 Å². The summed E-state index contributed by atoms with van der Waals surface area (Å²) in [7, 11) is 0. The number of rotatable bonds is 5. The Kier molecular flexibility index (Phi) is 5.53. The van der Waals surface area contributed by atoms with Crippen LogP contribution in [0.1, 0.15) is 29.8 Å². The number of aryl methyl sites for hydroxylation is 2. The van der Waals surface area contributed by atoms with Crippen LogP contribution in [0.25, 0.3) is 5.69 Å². The van der Waals surface area contributed by atoms with Gasteiger partial charge in [0.15, 0.2) is 6.61 Å². The Labute approximate surface area is 161 Å². The summed E-state index contributed by atoms with van der Waals surface area (Å²) < 4.78 is 6.72. The average molecular weight is 383 g/mol. The lowest BCUT2D eigenvalue weighted by Crippen LogP contribution is -2.32. The minimum Gasteiger partial charge on any atom is -0.451 e. The minimum absolute atomic E-state index is 0.0898. The van der Waals surface area contributed by atoms with Crippen LogP contribution in [0.2, 0.25) is 0 Å². The van der Waals surface area contributed by atoms with E-state index in [4.69, 9.17) is 4.74 Å². The maximum atomic E-state index is 12.2. The second kappa shape index (κ2) is 8.03. The van der Waals surface area contributed by atoms with Crippen molar-refractivity contribution in [1.82, 2.24) is 15.2 Å². The molecule has 0 atom stereocenters. The second-order valence-electron chi connectivity index (χ2n) is 6.51. The SMILES string of the molecule is Cc1ccc(-n2nc(C)c(NC(=O)COC(=O)C3=NNC(=O)CC3)c2C)cc1. The molecule has 0 radical (unpaired) electrons. The highest BCUT2D eigenvalue weighted by Crippen LogP contribution is 2.23. The molecule has 3 rings (SSSR count). The fourth-order valence-corrected chi connectivity index (χ4v) is 2.77. The van der Waals surface area contributed by atoms with Crippen molar-refractivity contribution in [2.24, 2.45) is 5.10 Å². The predicted molar refractivity (Wildman–Crippen MR) is 102 cm³/mol. The summed E-state index contributed by atoms with van der Waals surface area (Å²) in [6, 6.07) is 7.87. The van der Waals surface area contributed by atoms with Crippen LogP contribution in [-0.2, 0) is 19.1 Å². The third kappa shape index (κ3) is 4.25. The van der Waals surface area contributed by atoms with Crippen LogP contribution in [-0.4, -0.2) is 39.9 Å². The third-order valence-electron chi connectivity index (χ3n) is 4.31. The summed E-state index contributed by atoms with van der Waals surface area (Å²) >= 11 is 0. The lowest BCUT2D eigenvalue weighted by molar-refractivity contribution is -0.140. The molecule has 0 unspecified atom stereocenters. The highest BCUT2D eigenvalue weighted by Gasteiger charge is 2.21. The Morgan fingerprint density at radius 2 is 1.89 bits per heavy atom. The monoisotopic (exact) mass is 383 g/mol. The largest absolute Gasteiger partial charge is 0.451 e. The van der Waals surface area contributed by atoms with E-state index >= 15 is 0 Å². The first-order chi connectivity index (χ1) is 13.3. The average Bonchev–Trinajstić information content (AvgIpc) is 2.95. The van der Waals surface area contributed by atoms with Gasteiger partial charge in [0.25, 0.3) is 5.91 Å². The van der Waals surface area contributed by atoms with E-state index in [0.29, 0.717) is 11.4 Å². The Morgan fingerprint density at radius 3 is 2.54 bits per heavy atom. The molecule has 9 heteroatoms. The van der Waals surface area contributed by atoms with Crippen molar-refractivity contribution in [3.05, 3.63) is 41.2 Å². The van der Waals surface area contributed by atoms with Crippen molar-refractivity contribution in [2.45, 2.75) is 33.6 Å². The van der Waals surface area contributed by atoms with Crippen molar-refractivity contribution < 1.29 is 19.1 Å². The molecule has 0 bridgehead atoms. The zero-order valence-electron chi connectivity index (χ0n) is 15.9. The summed E-state index contributed by atoms with van der Waals surface area (Å²) in [4.78, 5) is 35.2. The molecule has 2 amide bonds. The first kappa shape index (κ1) is 19.3. The number of aromatic nitrogens is 2. The Balaban J connectivity index is 1.63. The number of amides is 2. The molecule has 1 aliphatic rings. The van der Waals surface area contributed by atoms with Gasteiger partial charge in [-0.1, -0.05) is 17.7 Å². The number of esters is 1. The molecule has 1 aliphatic heterocycles. The molecule has 0 saturated carbocycles. The van der Waals surface area contributed by atoms with Gasteiger partial charge >= 0.3 is 5.97 Å². The molecule has 28 heavy (non-hydrogen) atoms. The number of carbonyl (C=O) groups excluding carboxylic acids is 3. The highest BCUT2D eigenvalue weighted by molar-refractivity contribution is 6.37. The molecule has 0 saturated heterocycles. The number of anilines is 1. The van der Waals surface area contributed by atoms with Gasteiger partial charge in [-0.15, -0.1) is 0 Å². The molecule has 0 fully saturated rings. The zero-order chi connectivity index (χ0) is 20.3. The van der Waals surface area contributed by atoms with Gasteiger partial charge in [0.05, 0.1) is 22.8 Å². The Hall–Kier alpha value is -3.49. The number of ether oxygens (including phenoxy) is 1. The molecule has 2 N–H and O–H groups in total. The van der Waals surface area contributed by atoms with Gasteiger partial charge in [-0.25, -0.2) is 14.9 Å². The zero-order valence-corrected chi connectivity index (χ0v) is 15.9. The summed E-state index contributed by atoms with van der Waals surface area (Å²) in [6.07, 6.45) is 0.352. The van der Waals surface area contributed by atoms with Crippen LogP contribution in [0.15, 0.2) is 29.4 Å². The number of hydrazone groups is 1. The first-order valence-corrected chi connectivity index (χ1v) is 8.81. The fourth-order valence-electron chi connectivity index (χ4n) is 2.77. The molecule has 1 aromatic carbocycles. The Morgan fingerprint density at radius 1 is 1.18 bits per heavy atom. The van der Waals surface area contributed by atoms with Crippen molar-refractivity contribution in [2.75, 3.05) is 11.9 Å². The van der Waals surface area contributed by atoms with Gasteiger partial charge in [-0.3, -0.25) is 9.59 Å². The van der Waals surface area contributed by atoms with E-state index in [1.165, 1.54) is 0 Å². The van der Waals surface area contributed by atoms with E-state index < -0.39 is 18.5 Å². The number of nitrogens with zero attached hydrogens (tertiary/aromatic N) is 3. The highest BCUT2D eigenvalue weighted by atomic mass is 16.5. The maximum absolute atomic E-state index is 12.2. The fraction of sp³-hybridized carbons (Fsp3) is 0.316. The number of hydrogen-bond donors (Lipinski definition) is 2. The van der Waals surface area contributed by atoms with Crippen molar-refractivity contribution in [1.29, 1.82) is 0 Å². The van der Waals surface area contributed by atoms with Gasteiger partial charge in [-0.05, 0) is 32.9 Å². The van der Waals surface area contributed by atoms with Gasteiger partial charge in [0.2, 0.25) is 5.91 Å². The molecule has 1 aromatic heterocycles. The first-order valence-electron chi connectivity index (χ1n) is 8.81. The standard InChI is InChI=1S/C19H21N5O4/c1-11-4-6-14(7-5-11)24-13(3)18(12(2)23-24)20-17(26)10-28-19(27)15-8-9-16(25)22-21-15/h4-7H,8-10H2,1-3H3,(H,20,26)(H,22,25). The Bertz CT molecular complexity index is 959. The van der Waals surface area contributed by atoms with Crippen LogP contribution in [0.3, 0.4) is 0 Å². The molecule has 2 aromatic rings. The summed E-state index contributed by atoms with van der Waals surface area (Å²) in [5, 5.41) is 10.9. The van der Waals surface area contributed by atoms with Crippen molar-refractivity contribution in [3.8, 4) is 5.69 Å². The lowest BCUT2D eigenvalue weighted by atomic mass is 10.2. The van der Waals surface area contributed by atoms with Crippen molar-refractivity contribution >= 4 is 29.2 Å². The number of nitrogens with one attached hydrogen (secondary N) is 2. The van der Waals surface area contributed by atoms with E-state index in [1.54, 1.807) is 11.6 Å². The molecule has 9 nitrogen and oxygen atoms in total. The van der Waals surface area contributed by atoms with Crippen LogP contribution in [0.5, 0.6) is 0 Å². The summed E-state index contributed by atoms with van der Waals surface area (Å²) in [6.45, 7) is 5.19. The maximum Gasteiger partial charge on any atom is 0.355 e. The quantitative estimate of drug-likeness (QED) is 0.760. The van der Waals surface area contributed by atoms with E-state index in [0.717, 1.165) is 16.9 Å². The number of hydrogen-bond acceptors (Lipinski definition) is 6. The predicted octanol–water partition coefficient (Wildman–Crippen LogP) is 1.55. The van der Waals surface area contributed by atoms with E-state index in [9.17, 15) is 14.4 Å². The lowest BCUT2D eigenvalue weighted by Gasteiger charge is -2.11. The van der Waals surface area contributed by atoms with Crippen molar-refractivity contribution in [3.63, 3.8) is 0 Å². The van der Waals surface area contributed by atoms with Crippen LogP contribution >= 0.6 is 0 Å². The van der Waals surface area contributed by atoms with E-state index in [2.05, 4.69) is 20.9 Å². The number of carbonyl (C=O) groups is 3. The van der Waals surface area contributed by atoms with Crippen LogP contribution < -0.4 is 10.7 Å².